The van der Waals surface area contributed by atoms with Crippen LogP contribution in [0.25, 0.3) is 22.3 Å². The van der Waals surface area contributed by atoms with E-state index in [-0.39, 0.29) is 5.91 Å². The summed E-state index contributed by atoms with van der Waals surface area (Å²) in [4.78, 5) is 42.6. The zero-order valence-corrected chi connectivity index (χ0v) is 18.4. The average Bonchev–Trinajstić information content (AvgIpc) is 3.44. The fourth-order valence-corrected chi connectivity index (χ4v) is 4.43. The van der Waals surface area contributed by atoms with Gasteiger partial charge >= 0.3 is 5.69 Å². The molecule has 0 aromatic carbocycles. The van der Waals surface area contributed by atoms with Crippen LogP contribution in [0.15, 0.2) is 50.8 Å². The molecular weight excluding hydrogens is 414 g/mol. The Bertz CT molecular complexity index is 1380. The van der Waals surface area contributed by atoms with Gasteiger partial charge in [0, 0.05) is 44.3 Å². The lowest BCUT2D eigenvalue weighted by atomic mass is 10.1. The van der Waals surface area contributed by atoms with Crippen molar-refractivity contribution in [3.05, 3.63) is 73.3 Å². The van der Waals surface area contributed by atoms with E-state index >= 15 is 0 Å². The summed E-state index contributed by atoms with van der Waals surface area (Å²) in [6.45, 7) is 2.79. The molecule has 0 radical (unpaired) electrons. The average molecular weight is 438 g/mol. The van der Waals surface area contributed by atoms with Crippen molar-refractivity contribution < 1.29 is 4.79 Å². The van der Waals surface area contributed by atoms with Crippen LogP contribution in [0.1, 0.15) is 29.4 Å². The number of carbonyl (C=O) groups is 1. The number of nitrogens with zero attached hydrogens (tertiary/aromatic N) is 4. The third-order valence-corrected chi connectivity index (χ3v) is 5.98. The van der Waals surface area contributed by atoms with E-state index in [1.165, 1.54) is 11.6 Å². The van der Waals surface area contributed by atoms with Gasteiger partial charge in [0.25, 0.3) is 11.5 Å². The fourth-order valence-electron chi connectivity index (χ4n) is 3.79. The number of carbonyl (C=O) groups excluding carboxylic acids is 1. The molecule has 0 spiro atoms. The van der Waals surface area contributed by atoms with Crippen molar-refractivity contribution in [2.75, 3.05) is 0 Å². The molecule has 0 aliphatic rings. The maximum absolute atomic E-state index is 13.1. The van der Waals surface area contributed by atoms with E-state index in [1.807, 2.05) is 35.9 Å². The van der Waals surface area contributed by atoms with Crippen LogP contribution in [0.4, 0.5) is 0 Å². The summed E-state index contributed by atoms with van der Waals surface area (Å²) in [5.41, 5.74) is 2.72. The van der Waals surface area contributed by atoms with Crippen LogP contribution in [0.2, 0.25) is 0 Å². The Hall–Kier alpha value is -3.46. The molecule has 0 unspecified atom stereocenters. The van der Waals surface area contributed by atoms with E-state index < -0.39 is 11.2 Å². The highest BCUT2D eigenvalue weighted by Crippen LogP contribution is 2.23. The topological polar surface area (TPSA) is 90.9 Å². The van der Waals surface area contributed by atoms with Crippen molar-refractivity contribution in [2.24, 2.45) is 14.1 Å². The number of hydrogen-bond donors (Lipinski definition) is 1. The molecule has 0 fully saturated rings. The number of nitrogens with one attached hydrogen (secondary N) is 1. The Morgan fingerprint density at radius 2 is 2.00 bits per heavy atom. The van der Waals surface area contributed by atoms with Crippen molar-refractivity contribution >= 4 is 28.3 Å². The summed E-state index contributed by atoms with van der Waals surface area (Å²) in [6.07, 6.45) is 2.48. The lowest BCUT2D eigenvalue weighted by Gasteiger charge is -2.13. The second-order valence-electron chi connectivity index (χ2n) is 7.33. The van der Waals surface area contributed by atoms with Gasteiger partial charge in [-0.2, -0.15) is 11.3 Å². The highest BCUT2D eigenvalue weighted by molar-refractivity contribution is 7.08. The number of pyridine rings is 1. The Kier molecular flexibility index (Phi) is 5.60. The molecule has 0 saturated heterocycles. The Morgan fingerprint density at radius 1 is 1.19 bits per heavy atom. The monoisotopic (exact) mass is 437 g/mol. The van der Waals surface area contributed by atoms with Gasteiger partial charge < -0.3 is 9.88 Å². The normalized spacial score (nSPS) is 11.2. The minimum atomic E-state index is -0.421. The molecule has 9 heteroatoms. The molecule has 4 heterocycles. The van der Waals surface area contributed by atoms with E-state index in [1.54, 1.807) is 35.2 Å². The van der Waals surface area contributed by atoms with Crippen LogP contribution in [0, 0.1) is 0 Å². The predicted octanol–water partition coefficient (Wildman–Crippen LogP) is 2.50. The lowest BCUT2D eigenvalue weighted by molar-refractivity contribution is 0.0942. The quantitative estimate of drug-likeness (QED) is 0.502. The van der Waals surface area contributed by atoms with Gasteiger partial charge in [-0.1, -0.05) is 13.0 Å². The molecule has 4 aromatic heterocycles. The number of thiophene rings is 1. The van der Waals surface area contributed by atoms with Gasteiger partial charge in [-0.3, -0.25) is 23.7 Å². The van der Waals surface area contributed by atoms with Gasteiger partial charge in [0.1, 0.15) is 11.3 Å². The van der Waals surface area contributed by atoms with E-state index in [9.17, 15) is 14.4 Å². The third-order valence-electron chi connectivity index (χ3n) is 5.30. The first-order valence-electron chi connectivity index (χ1n) is 9.98. The van der Waals surface area contributed by atoms with Gasteiger partial charge in [0.05, 0.1) is 11.1 Å². The standard InChI is InChI=1S/C22H23N5O3S/c1-4-9-27-17(11-16-20(27)25(2)22(30)26(3)21(16)29)19(28)24-12-14-6-5-8-23-18(14)15-7-10-31-13-15/h5-8,10-11,13H,4,9,12H2,1-3H3,(H,24,28). The SMILES string of the molecule is CCCn1c(C(=O)NCc2cccnc2-c2ccsc2)cc2c(=O)n(C)c(=O)n(C)c21. The molecule has 1 amide bonds. The first-order valence-corrected chi connectivity index (χ1v) is 10.9. The fraction of sp³-hybridized carbons (Fsp3) is 0.273. The minimum absolute atomic E-state index is 0.294. The smallest absolute Gasteiger partial charge is 0.332 e. The van der Waals surface area contributed by atoms with Gasteiger partial charge in [0.15, 0.2) is 0 Å². The lowest BCUT2D eigenvalue weighted by Crippen LogP contribution is -2.37. The number of rotatable bonds is 6. The van der Waals surface area contributed by atoms with Crippen molar-refractivity contribution in [2.45, 2.75) is 26.4 Å². The zero-order chi connectivity index (χ0) is 22.1. The molecule has 0 aliphatic heterocycles. The summed E-state index contributed by atoms with van der Waals surface area (Å²) < 4.78 is 4.22. The number of aromatic nitrogens is 4. The van der Waals surface area contributed by atoms with E-state index in [4.69, 9.17) is 0 Å². The van der Waals surface area contributed by atoms with Crippen molar-refractivity contribution in [1.29, 1.82) is 0 Å². The van der Waals surface area contributed by atoms with Gasteiger partial charge in [-0.05, 0) is 35.6 Å². The van der Waals surface area contributed by atoms with Crippen molar-refractivity contribution in [3.63, 3.8) is 0 Å². The molecule has 0 bridgehead atoms. The Labute approximate surface area is 182 Å². The highest BCUT2D eigenvalue weighted by Gasteiger charge is 2.21. The number of amides is 1. The third kappa shape index (κ3) is 3.61. The van der Waals surface area contributed by atoms with Gasteiger partial charge in [-0.25, -0.2) is 4.79 Å². The summed E-state index contributed by atoms with van der Waals surface area (Å²) in [5.74, 6) is -0.306. The maximum atomic E-state index is 13.1. The number of fused-ring (bicyclic) bond motifs is 1. The molecule has 8 nitrogen and oxygen atoms in total. The first kappa shape index (κ1) is 20.8. The van der Waals surface area contributed by atoms with Gasteiger partial charge in [0.2, 0.25) is 0 Å². The molecule has 4 aromatic rings. The first-order chi connectivity index (χ1) is 14.9. The Balaban J connectivity index is 1.72. The molecule has 0 aliphatic carbocycles. The van der Waals surface area contributed by atoms with Crippen molar-refractivity contribution in [3.8, 4) is 11.3 Å². The minimum Gasteiger partial charge on any atom is -0.347 e. The largest absolute Gasteiger partial charge is 0.347 e. The second-order valence-corrected chi connectivity index (χ2v) is 8.11. The van der Waals surface area contributed by atoms with Crippen LogP contribution in [0.5, 0.6) is 0 Å². The Morgan fingerprint density at radius 3 is 2.71 bits per heavy atom. The molecule has 4 rings (SSSR count). The van der Waals surface area contributed by atoms with E-state index in [0.717, 1.165) is 27.8 Å². The zero-order valence-electron chi connectivity index (χ0n) is 17.6. The summed E-state index contributed by atoms with van der Waals surface area (Å²) in [6, 6.07) is 7.34. The highest BCUT2D eigenvalue weighted by atomic mass is 32.1. The van der Waals surface area contributed by atoms with Crippen LogP contribution in [-0.4, -0.2) is 24.6 Å². The molecule has 31 heavy (non-hydrogen) atoms. The van der Waals surface area contributed by atoms with Crippen molar-refractivity contribution in [1.82, 2.24) is 24.0 Å². The molecule has 0 atom stereocenters. The van der Waals surface area contributed by atoms with Crippen LogP contribution < -0.4 is 16.6 Å². The van der Waals surface area contributed by atoms with E-state index in [0.29, 0.717) is 29.8 Å². The molecule has 1 N–H and O–H groups in total. The molecule has 0 saturated carbocycles. The van der Waals surface area contributed by atoms with Crippen LogP contribution in [-0.2, 0) is 27.2 Å². The van der Waals surface area contributed by atoms with Crippen LogP contribution >= 0.6 is 11.3 Å². The predicted molar refractivity (Wildman–Crippen MR) is 121 cm³/mol. The summed E-state index contributed by atoms with van der Waals surface area (Å²) in [7, 11) is 3.05. The van der Waals surface area contributed by atoms with E-state index in [2.05, 4.69) is 10.3 Å². The molecule has 160 valence electrons. The summed E-state index contributed by atoms with van der Waals surface area (Å²) in [5, 5.41) is 7.31. The summed E-state index contributed by atoms with van der Waals surface area (Å²) >= 11 is 1.59. The second kappa shape index (κ2) is 8.35. The number of aryl methyl sites for hydroxylation is 2. The van der Waals surface area contributed by atoms with Crippen LogP contribution in [0.3, 0.4) is 0 Å². The number of hydrogen-bond acceptors (Lipinski definition) is 5. The molecular formula is C22H23N5O3S. The van der Waals surface area contributed by atoms with Gasteiger partial charge in [-0.15, -0.1) is 0 Å². The maximum Gasteiger partial charge on any atom is 0.332 e.